The van der Waals surface area contributed by atoms with Gasteiger partial charge in [0.1, 0.15) is 0 Å². The van der Waals surface area contributed by atoms with Gasteiger partial charge in [0, 0.05) is 0 Å². The molecule has 222 valence electrons. The van der Waals surface area contributed by atoms with Crippen LogP contribution in [0.3, 0.4) is 0 Å². The minimum absolute atomic E-state index is 1.54. The summed E-state index contributed by atoms with van der Waals surface area (Å²) in [5, 5.41) is 0. The lowest BCUT2D eigenvalue weighted by molar-refractivity contribution is -0.129. The first-order valence-electron chi connectivity index (χ1n) is 9.33. The molecule has 3 unspecified atom stereocenters. The third-order valence-corrected chi connectivity index (χ3v) is 8.17. The van der Waals surface area contributed by atoms with Gasteiger partial charge in [0.25, 0.3) is 0 Å². The van der Waals surface area contributed by atoms with Crippen LogP contribution in [0, 0.1) is 0 Å². The van der Waals surface area contributed by atoms with Crippen LogP contribution in [0.15, 0.2) is 65.9 Å². The monoisotopic (exact) mass is 806 g/mol. The molecule has 0 fully saturated rings. The van der Waals surface area contributed by atoms with Crippen LogP contribution >= 0.6 is 47.8 Å². The van der Waals surface area contributed by atoms with E-state index in [1.54, 1.807) is 47.8 Å². The Kier molecular flexibility index (Phi) is 7.75. The summed E-state index contributed by atoms with van der Waals surface area (Å²) in [6.07, 6.45) is 0. The normalized spacial score (nSPS) is 34.4. The highest BCUT2D eigenvalue weighted by atomic mass is 79.9. The topological polar surface area (TPSA) is 0 Å². The van der Waals surface area contributed by atoms with Crippen LogP contribution < -0.4 is 0 Å². The van der Waals surface area contributed by atoms with Gasteiger partial charge in [-0.05, 0) is 47.8 Å². The van der Waals surface area contributed by atoms with Crippen molar-refractivity contribution in [2.75, 3.05) is 0 Å². The van der Waals surface area contributed by atoms with Gasteiger partial charge in [-0.2, -0.15) is 26.3 Å². The Labute approximate surface area is 233 Å². The van der Waals surface area contributed by atoms with Gasteiger partial charge < -0.3 is 0 Å². The second-order valence-corrected chi connectivity index (χ2v) is 10.4. The molecule has 3 aliphatic rings. The molecule has 0 amide bonds. The molecule has 0 bridgehead atoms. The fourth-order valence-electron chi connectivity index (χ4n) is 4.11. The van der Waals surface area contributed by atoms with Crippen LogP contribution in [-0.4, -0.2) is 41.2 Å². The van der Waals surface area contributed by atoms with Crippen molar-refractivity contribution >= 4 is 54.5 Å². The summed E-state index contributed by atoms with van der Waals surface area (Å²) in [4.78, 5) is 0. The van der Waals surface area contributed by atoms with Crippen molar-refractivity contribution in [2.24, 2.45) is 0 Å². The second-order valence-electron chi connectivity index (χ2n) is 8.06. The van der Waals surface area contributed by atoms with Gasteiger partial charge in [-0.1, -0.05) is 0 Å². The van der Waals surface area contributed by atoms with E-state index >= 15 is 13.2 Å². The fraction of sp³-hybridized carbons (Fsp3) is 0.333. The molecule has 0 radical (unpaired) electrons. The fourth-order valence-corrected chi connectivity index (χ4v) is 5.38. The van der Waals surface area contributed by atoms with Crippen molar-refractivity contribution in [1.82, 2.24) is 0 Å². The maximum Gasteiger partial charge on any atom is 0.332 e. The maximum absolute atomic E-state index is 16.1. The summed E-state index contributed by atoms with van der Waals surface area (Å²) in [5.74, 6) is -55.6. The van der Waals surface area contributed by atoms with Gasteiger partial charge >= 0.3 is 24.5 Å². The molecule has 22 heteroatoms. The van der Waals surface area contributed by atoms with Crippen LogP contribution in [-0.2, 0) is 0 Å². The Hall–Kier alpha value is -1.32. The molecule has 0 saturated carbocycles. The molecule has 3 aliphatic carbocycles. The van der Waals surface area contributed by atoms with Gasteiger partial charge in [0.05, 0.1) is 13.4 Å². The maximum atomic E-state index is 16.1. The van der Waals surface area contributed by atoms with Crippen molar-refractivity contribution in [3.8, 4) is 0 Å². The SMILES string of the molecule is FC1=C(F)C(F)(B(C2(F)C(F)=C(F)C(Br)=C(F)C2(F)F)C2(F)C(F)=C(F)C(Br)=C(F)C2(F)F)C(F)(F)C(F)=C1Br. The zero-order valence-corrected chi connectivity index (χ0v) is 22.3. The average molecular weight is 809 g/mol. The van der Waals surface area contributed by atoms with Gasteiger partial charge in [-0.25, -0.2) is 52.7 Å². The Bertz CT molecular complexity index is 1240. The van der Waals surface area contributed by atoms with Crippen molar-refractivity contribution in [1.29, 1.82) is 0 Å². The quantitative estimate of drug-likeness (QED) is 0.197. The summed E-state index contributed by atoms with van der Waals surface area (Å²) in [7, 11) is 0. The van der Waals surface area contributed by atoms with Crippen molar-refractivity contribution in [3.63, 3.8) is 0 Å². The molecule has 0 aromatic rings. The zero-order valence-electron chi connectivity index (χ0n) is 17.5. The van der Waals surface area contributed by atoms with Gasteiger partial charge in [-0.3, -0.25) is 0 Å². The van der Waals surface area contributed by atoms with Crippen LogP contribution in [0.2, 0.25) is 0 Å². The highest BCUT2D eigenvalue weighted by molar-refractivity contribution is 9.12. The van der Waals surface area contributed by atoms with Crippen molar-refractivity contribution in [2.45, 2.75) is 34.5 Å². The predicted octanol–water partition coefficient (Wildman–Crippen LogP) is 10.4. The third kappa shape index (κ3) is 3.49. The highest BCUT2D eigenvalue weighted by Gasteiger charge is 2.91. The smallest absolute Gasteiger partial charge is 0.238 e. The first-order chi connectivity index (χ1) is 17.8. The van der Waals surface area contributed by atoms with E-state index in [0.717, 1.165) is 0 Å². The van der Waals surface area contributed by atoms with E-state index in [9.17, 15) is 65.9 Å². The summed E-state index contributed by atoms with van der Waals surface area (Å²) in [6, 6.07) is 0. The predicted molar refractivity (Wildman–Crippen MR) is 111 cm³/mol. The molecule has 3 rings (SSSR count). The van der Waals surface area contributed by atoms with Gasteiger partial charge in [0.15, 0.2) is 52.4 Å². The van der Waals surface area contributed by atoms with Crippen LogP contribution in [0.5, 0.6) is 0 Å². The molecule has 0 saturated heterocycles. The summed E-state index contributed by atoms with van der Waals surface area (Å²) in [6.45, 7) is -6.54. The number of rotatable bonds is 3. The van der Waals surface area contributed by atoms with E-state index in [2.05, 4.69) is 0 Å². The molecule has 0 spiro atoms. The first-order valence-corrected chi connectivity index (χ1v) is 11.7. The Morgan fingerprint density at radius 3 is 0.700 bits per heavy atom. The second kappa shape index (κ2) is 9.34. The molecule has 40 heavy (non-hydrogen) atoms. The minimum atomic E-state index is -7.25. The molecule has 0 heterocycles. The van der Waals surface area contributed by atoms with E-state index in [-0.39, 0.29) is 0 Å². The van der Waals surface area contributed by atoms with E-state index < -0.39 is 107 Å². The minimum Gasteiger partial charge on any atom is -0.238 e. The van der Waals surface area contributed by atoms with Crippen LogP contribution in [0.4, 0.5) is 79.0 Å². The van der Waals surface area contributed by atoms with E-state index in [4.69, 9.17) is 0 Å². The van der Waals surface area contributed by atoms with E-state index in [0.29, 0.717) is 0 Å². The van der Waals surface area contributed by atoms with Crippen LogP contribution in [0.25, 0.3) is 0 Å². The van der Waals surface area contributed by atoms with E-state index in [1.807, 2.05) is 0 Å². The summed E-state index contributed by atoms with van der Waals surface area (Å²) in [5.41, 5.74) is -21.8. The summed E-state index contributed by atoms with van der Waals surface area (Å²) < 4.78 is 260. The number of alkyl halides is 9. The first kappa shape index (κ1) is 33.2. The van der Waals surface area contributed by atoms with Gasteiger partial charge in [0.2, 0.25) is 16.7 Å². The molecular formula is C18BBr3F18. The number of hydrogen-bond acceptors (Lipinski definition) is 0. The van der Waals surface area contributed by atoms with Gasteiger partial charge in [-0.15, -0.1) is 0 Å². The van der Waals surface area contributed by atoms with E-state index in [1.165, 1.54) is 0 Å². The van der Waals surface area contributed by atoms with Crippen molar-refractivity contribution in [3.05, 3.63) is 65.9 Å². The highest BCUT2D eigenvalue weighted by Crippen LogP contribution is 2.68. The molecule has 3 atom stereocenters. The van der Waals surface area contributed by atoms with Crippen molar-refractivity contribution < 1.29 is 79.0 Å². The standard InChI is InChI=1S/C18BBr3F18/c20-1-4(23)10(29)13(32,16(35,36)7(1)26)19(14(33)11(30)5(24)2(21)8(27)17(14,37)38)15(34)12(31)6(25)3(22)9(28)18(15,39)40. The zero-order chi connectivity index (χ0) is 31.5. The largest absolute Gasteiger partial charge is 0.332 e. The Morgan fingerprint density at radius 1 is 0.350 bits per heavy atom. The lowest BCUT2D eigenvalue weighted by atomic mass is 9.19. The summed E-state index contributed by atoms with van der Waals surface area (Å²) >= 11 is 4.63. The van der Waals surface area contributed by atoms with Crippen LogP contribution in [0.1, 0.15) is 0 Å². The Morgan fingerprint density at radius 2 is 0.525 bits per heavy atom. The molecule has 0 nitrogen and oxygen atoms in total. The lowest BCUT2D eigenvalue weighted by Gasteiger charge is -2.51. The number of halogens is 21. The molecular weight excluding hydrogens is 809 g/mol. The molecule has 0 aromatic heterocycles. The average Bonchev–Trinajstić information content (AvgIpc) is 2.89. The molecule has 0 aromatic carbocycles. The third-order valence-electron chi connectivity index (χ3n) is 6.08. The molecule has 0 aliphatic heterocycles. The number of allylic oxidation sites excluding steroid dienone is 12. The number of hydrogen-bond donors (Lipinski definition) is 0. The Balaban J connectivity index is 2.73. The molecule has 0 N–H and O–H groups in total. The lowest BCUT2D eigenvalue weighted by Crippen LogP contribution is -2.81.